The summed E-state index contributed by atoms with van der Waals surface area (Å²) in [7, 11) is 1.54. The van der Waals surface area contributed by atoms with Crippen LogP contribution in [0.2, 0.25) is 0 Å². The van der Waals surface area contributed by atoms with Crippen molar-refractivity contribution in [3.05, 3.63) is 64.6 Å². The van der Waals surface area contributed by atoms with Crippen LogP contribution < -0.4 is 10.3 Å². The smallest absolute Gasteiger partial charge is 0.344 e. The number of methoxy groups -OCH3 is 1. The maximum atomic E-state index is 12.9. The lowest BCUT2D eigenvalue weighted by Crippen LogP contribution is -2.20. The molecule has 3 aromatic rings. The van der Waals surface area contributed by atoms with Gasteiger partial charge in [-0.3, -0.25) is 9.20 Å². The second-order valence-corrected chi connectivity index (χ2v) is 5.31. The first kappa shape index (κ1) is 16.6. The van der Waals surface area contributed by atoms with Crippen LogP contribution in [0, 0.1) is 0 Å². The van der Waals surface area contributed by atoms with Gasteiger partial charge in [-0.05, 0) is 36.8 Å². The Bertz CT molecular complexity index is 989. The molecule has 0 atom stereocenters. The summed E-state index contributed by atoms with van der Waals surface area (Å²) >= 11 is 0. The van der Waals surface area contributed by atoms with Gasteiger partial charge in [0, 0.05) is 6.20 Å². The molecule has 1 N–H and O–H groups in total. The first-order valence-corrected chi connectivity index (χ1v) is 7.76. The molecule has 2 aromatic heterocycles. The Morgan fingerprint density at radius 1 is 1.16 bits per heavy atom. The Balaban J connectivity index is 2.35. The van der Waals surface area contributed by atoms with Crippen LogP contribution in [0.1, 0.15) is 17.3 Å². The molecule has 128 valence electrons. The summed E-state index contributed by atoms with van der Waals surface area (Å²) in [6, 6.07) is 11.6. The molecule has 6 heteroatoms. The Kier molecular flexibility index (Phi) is 4.43. The normalized spacial score (nSPS) is 10.6. The third kappa shape index (κ3) is 2.82. The van der Waals surface area contributed by atoms with Crippen LogP contribution in [0.25, 0.3) is 16.6 Å². The molecule has 1 aromatic carbocycles. The van der Waals surface area contributed by atoms with Crippen molar-refractivity contribution in [3.8, 4) is 22.6 Å². The minimum Gasteiger partial charge on any atom is -0.506 e. The van der Waals surface area contributed by atoms with E-state index in [0.717, 1.165) is 0 Å². The predicted molar refractivity (Wildman–Crippen MR) is 93.3 cm³/mol. The summed E-state index contributed by atoms with van der Waals surface area (Å²) in [5.41, 5.74) is 0.349. The zero-order valence-electron chi connectivity index (χ0n) is 13.9. The maximum Gasteiger partial charge on any atom is 0.344 e. The number of nitrogens with zero attached hydrogens (tertiary/aromatic N) is 1. The van der Waals surface area contributed by atoms with E-state index in [1.165, 1.54) is 11.5 Å². The number of carbonyl (C=O) groups excluding carboxylic acids is 1. The number of ether oxygens (including phenoxy) is 2. The molecule has 25 heavy (non-hydrogen) atoms. The topological polar surface area (TPSA) is 77.2 Å². The van der Waals surface area contributed by atoms with E-state index in [4.69, 9.17) is 9.47 Å². The highest BCUT2D eigenvalue weighted by molar-refractivity contribution is 6.02. The van der Waals surface area contributed by atoms with Crippen molar-refractivity contribution < 1.29 is 19.4 Å². The summed E-state index contributed by atoms with van der Waals surface area (Å²) in [4.78, 5) is 25.2. The average Bonchev–Trinajstić information content (AvgIpc) is 2.63. The van der Waals surface area contributed by atoms with Crippen LogP contribution in [-0.2, 0) is 4.74 Å². The highest BCUT2D eigenvalue weighted by Crippen LogP contribution is 2.33. The number of benzene rings is 1. The van der Waals surface area contributed by atoms with E-state index in [1.54, 1.807) is 55.6 Å². The minimum absolute atomic E-state index is 0.0344. The lowest BCUT2D eigenvalue weighted by molar-refractivity contribution is 0.0525. The van der Waals surface area contributed by atoms with Crippen LogP contribution in [0.5, 0.6) is 11.5 Å². The molecule has 2 heterocycles. The zero-order valence-corrected chi connectivity index (χ0v) is 13.9. The number of aromatic nitrogens is 1. The fraction of sp³-hybridized carbons (Fsp3) is 0.158. The van der Waals surface area contributed by atoms with Crippen molar-refractivity contribution in [2.24, 2.45) is 0 Å². The predicted octanol–water partition coefficient (Wildman–Crippen LogP) is 2.86. The molecule has 0 amide bonds. The van der Waals surface area contributed by atoms with Gasteiger partial charge in [0.25, 0.3) is 5.56 Å². The van der Waals surface area contributed by atoms with Gasteiger partial charge in [0.2, 0.25) is 0 Å². The number of fused-ring (bicyclic) bond motifs is 1. The van der Waals surface area contributed by atoms with E-state index >= 15 is 0 Å². The summed E-state index contributed by atoms with van der Waals surface area (Å²) in [5.74, 6) is -0.451. The van der Waals surface area contributed by atoms with Crippen LogP contribution in [-0.4, -0.2) is 29.2 Å². The number of rotatable bonds is 4. The average molecular weight is 339 g/mol. The highest BCUT2D eigenvalue weighted by atomic mass is 16.5. The summed E-state index contributed by atoms with van der Waals surface area (Å²) < 4.78 is 11.5. The fourth-order valence-corrected chi connectivity index (χ4v) is 2.71. The molecule has 0 unspecified atom stereocenters. The van der Waals surface area contributed by atoms with Gasteiger partial charge in [0.05, 0.1) is 24.8 Å². The molecule has 0 aliphatic rings. The van der Waals surface area contributed by atoms with Gasteiger partial charge >= 0.3 is 5.97 Å². The van der Waals surface area contributed by atoms with Crippen LogP contribution >= 0.6 is 0 Å². The Morgan fingerprint density at radius 2 is 1.88 bits per heavy atom. The first-order chi connectivity index (χ1) is 12.1. The molecular weight excluding hydrogens is 322 g/mol. The highest BCUT2D eigenvalue weighted by Gasteiger charge is 2.24. The van der Waals surface area contributed by atoms with Crippen molar-refractivity contribution in [2.45, 2.75) is 6.92 Å². The summed E-state index contributed by atoms with van der Waals surface area (Å²) in [5, 5.41) is 10.7. The maximum absolute atomic E-state index is 12.9. The van der Waals surface area contributed by atoms with Gasteiger partial charge in [-0.15, -0.1) is 0 Å². The summed E-state index contributed by atoms with van der Waals surface area (Å²) in [6.07, 6.45) is 1.55. The second kappa shape index (κ2) is 6.68. The molecular formula is C19H17NO5. The largest absolute Gasteiger partial charge is 0.506 e. The molecule has 0 radical (unpaired) electrons. The van der Waals surface area contributed by atoms with Crippen LogP contribution in [0.3, 0.4) is 0 Å². The van der Waals surface area contributed by atoms with E-state index < -0.39 is 11.5 Å². The monoisotopic (exact) mass is 339 g/mol. The van der Waals surface area contributed by atoms with Gasteiger partial charge in [0.1, 0.15) is 17.1 Å². The number of aromatic hydroxyl groups is 1. The molecule has 0 aliphatic carbocycles. The molecule has 0 fully saturated rings. The molecule has 6 nitrogen and oxygen atoms in total. The minimum atomic E-state index is -0.682. The van der Waals surface area contributed by atoms with E-state index in [9.17, 15) is 14.7 Å². The van der Waals surface area contributed by atoms with E-state index in [0.29, 0.717) is 16.8 Å². The lowest BCUT2D eigenvalue weighted by Gasteiger charge is -2.13. The first-order valence-electron chi connectivity index (χ1n) is 7.76. The SMILES string of the molecule is CCOC(=O)c1c(O)c(-c2ccc(OC)cc2)c(=O)n2ccccc12. The number of hydrogen-bond donors (Lipinski definition) is 1. The molecule has 0 aliphatic heterocycles. The van der Waals surface area contributed by atoms with Crippen molar-refractivity contribution in [2.75, 3.05) is 13.7 Å². The lowest BCUT2D eigenvalue weighted by atomic mass is 10.0. The number of carbonyl (C=O) groups is 1. The Labute approximate surface area is 143 Å². The number of pyridine rings is 2. The molecule has 0 spiro atoms. The van der Waals surface area contributed by atoms with Crippen molar-refractivity contribution in [3.63, 3.8) is 0 Å². The molecule has 0 saturated carbocycles. The third-order valence-corrected chi connectivity index (χ3v) is 3.88. The van der Waals surface area contributed by atoms with E-state index in [2.05, 4.69) is 0 Å². The van der Waals surface area contributed by atoms with Crippen LogP contribution in [0.15, 0.2) is 53.5 Å². The second-order valence-electron chi connectivity index (χ2n) is 5.31. The van der Waals surface area contributed by atoms with Gasteiger partial charge in [0.15, 0.2) is 0 Å². The molecule has 0 bridgehead atoms. The third-order valence-electron chi connectivity index (χ3n) is 3.88. The van der Waals surface area contributed by atoms with Gasteiger partial charge in [-0.25, -0.2) is 4.79 Å². The number of hydrogen-bond acceptors (Lipinski definition) is 5. The fourth-order valence-electron chi connectivity index (χ4n) is 2.71. The quantitative estimate of drug-likeness (QED) is 0.740. The molecule has 0 saturated heterocycles. The van der Waals surface area contributed by atoms with Crippen molar-refractivity contribution in [1.29, 1.82) is 0 Å². The Hall–Kier alpha value is -3.28. The summed E-state index contributed by atoms with van der Waals surface area (Å²) in [6.45, 7) is 1.84. The molecule has 3 rings (SSSR count). The van der Waals surface area contributed by atoms with Gasteiger partial charge in [-0.2, -0.15) is 0 Å². The van der Waals surface area contributed by atoms with Gasteiger partial charge in [-0.1, -0.05) is 18.2 Å². The van der Waals surface area contributed by atoms with Crippen LogP contribution in [0.4, 0.5) is 0 Å². The van der Waals surface area contributed by atoms with E-state index in [1.807, 2.05) is 0 Å². The standard InChI is InChI=1S/C19H17NO5/c1-3-25-19(23)16-14-6-4-5-11-20(14)18(22)15(17(16)21)12-7-9-13(24-2)10-8-12/h4-11,21H,3H2,1-2H3. The Morgan fingerprint density at radius 3 is 2.52 bits per heavy atom. The number of esters is 1. The zero-order chi connectivity index (χ0) is 18.0. The van der Waals surface area contributed by atoms with Crippen molar-refractivity contribution in [1.82, 2.24) is 4.40 Å². The van der Waals surface area contributed by atoms with E-state index in [-0.39, 0.29) is 23.5 Å². The van der Waals surface area contributed by atoms with Crippen molar-refractivity contribution >= 4 is 11.5 Å². The van der Waals surface area contributed by atoms with Gasteiger partial charge < -0.3 is 14.6 Å².